The van der Waals surface area contributed by atoms with Crippen LogP contribution in [0.3, 0.4) is 0 Å². The van der Waals surface area contributed by atoms with E-state index in [0.29, 0.717) is 12.1 Å². The van der Waals surface area contributed by atoms with E-state index in [0.717, 1.165) is 6.42 Å². The fourth-order valence-electron chi connectivity index (χ4n) is 0.782. The summed E-state index contributed by atoms with van der Waals surface area (Å²) >= 11 is 0. The van der Waals surface area contributed by atoms with Gasteiger partial charge in [-0.3, -0.25) is 0 Å². The number of hydrogen-bond acceptors (Lipinski definition) is 2. The minimum absolute atomic E-state index is 0.469. The van der Waals surface area contributed by atoms with Crippen LogP contribution >= 0.6 is 0 Å². The highest BCUT2D eigenvalue weighted by Gasteiger charge is 1.98. The molecule has 0 aromatic heterocycles. The summed E-state index contributed by atoms with van der Waals surface area (Å²) in [4.78, 5) is 0. The molecule has 3 N–H and O–H groups in total. The van der Waals surface area contributed by atoms with Crippen molar-refractivity contribution < 1.29 is 5.11 Å². The number of aliphatic hydroxyl groups excluding tert-OH is 1. The first-order valence-electron chi connectivity index (χ1n) is 3.69. The van der Waals surface area contributed by atoms with Gasteiger partial charge in [-0.1, -0.05) is 19.6 Å². The molecular weight excluding hydrogens is 138 g/mol. The van der Waals surface area contributed by atoms with Crippen LogP contribution in [-0.4, -0.2) is 11.2 Å². The molecule has 0 spiro atoms. The van der Waals surface area contributed by atoms with Crippen LogP contribution in [0.5, 0.6) is 0 Å². The molecule has 1 unspecified atom stereocenters. The Morgan fingerprint density at radius 1 is 1.82 bits per heavy atom. The highest BCUT2D eigenvalue weighted by Crippen LogP contribution is 2.00. The number of aliphatic hydroxyl groups is 1. The number of allylic oxidation sites excluding steroid dienone is 1. The topological polar surface area (TPSA) is 46.2 Å². The molecule has 62 valence electrons. The lowest BCUT2D eigenvalue weighted by Crippen LogP contribution is -2.08. The normalized spacial score (nSPS) is 13.8. The van der Waals surface area contributed by atoms with Crippen LogP contribution < -0.4 is 5.73 Å². The smallest absolute Gasteiger partial charge is 0.0848 e. The SMILES string of the molecule is C=C=CC(O)C/C(N)=C\CC. The first-order valence-corrected chi connectivity index (χ1v) is 3.69. The Hall–Kier alpha value is -0.980. The van der Waals surface area contributed by atoms with Gasteiger partial charge in [0.15, 0.2) is 0 Å². The van der Waals surface area contributed by atoms with Gasteiger partial charge in [0, 0.05) is 12.1 Å². The summed E-state index contributed by atoms with van der Waals surface area (Å²) < 4.78 is 0. The molecule has 0 fully saturated rings. The Labute approximate surface area is 67.7 Å². The van der Waals surface area contributed by atoms with Gasteiger partial charge in [0.25, 0.3) is 0 Å². The fraction of sp³-hybridized carbons (Fsp3) is 0.444. The van der Waals surface area contributed by atoms with E-state index >= 15 is 0 Å². The van der Waals surface area contributed by atoms with E-state index in [-0.39, 0.29) is 0 Å². The maximum absolute atomic E-state index is 9.17. The Morgan fingerprint density at radius 2 is 2.45 bits per heavy atom. The zero-order valence-corrected chi connectivity index (χ0v) is 6.88. The largest absolute Gasteiger partial charge is 0.402 e. The van der Waals surface area contributed by atoms with E-state index in [1.807, 2.05) is 13.0 Å². The molecule has 0 aliphatic heterocycles. The minimum Gasteiger partial charge on any atom is -0.402 e. The predicted octanol–water partition coefficient (Wildman–Crippen LogP) is 1.33. The predicted molar refractivity (Wildman–Crippen MR) is 46.9 cm³/mol. The fourth-order valence-corrected chi connectivity index (χ4v) is 0.782. The maximum Gasteiger partial charge on any atom is 0.0848 e. The molecule has 2 heteroatoms. The van der Waals surface area contributed by atoms with Crippen LogP contribution in [0.25, 0.3) is 0 Å². The first-order chi connectivity index (χ1) is 5.20. The van der Waals surface area contributed by atoms with E-state index in [1.165, 1.54) is 6.08 Å². The highest BCUT2D eigenvalue weighted by molar-refractivity contribution is 5.01. The van der Waals surface area contributed by atoms with Crippen LogP contribution in [0.15, 0.2) is 30.2 Å². The van der Waals surface area contributed by atoms with Crippen molar-refractivity contribution in [3.05, 3.63) is 30.2 Å². The lowest BCUT2D eigenvalue weighted by molar-refractivity contribution is 0.223. The number of hydrogen-bond donors (Lipinski definition) is 2. The second kappa shape index (κ2) is 5.78. The average molecular weight is 153 g/mol. The average Bonchev–Trinajstić information content (AvgIpc) is 1.87. The number of rotatable bonds is 4. The molecule has 0 aliphatic rings. The van der Waals surface area contributed by atoms with Crippen molar-refractivity contribution in [2.24, 2.45) is 5.73 Å². The molecule has 0 rings (SSSR count). The molecule has 0 radical (unpaired) electrons. The Bertz CT molecular complexity index is 178. The molecular formula is C9H15NO. The molecule has 11 heavy (non-hydrogen) atoms. The van der Waals surface area contributed by atoms with Crippen LogP contribution in [0, 0.1) is 0 Å². The molecule has 0 heterocycles. The second-order valence-electron chi connectivity index (χ2n) is 2.33. The summed E-state index contributed by atoms with van der Waals surface area (Å²) in [5.74, 6) is 0. The third kappa shape index (κ3) is 5.46. The first kappa shape index (κ1) is 10.0. The summed E-state index contributed by atoms with van der Waals surface area (Å²) in [6.07, 6.45) is 4.21. The van der Waals surface area contributed by atoms with Gasteiger partial charge in [-0.05, 0) is 12.5 Å². The van der Waals surface area contributed by atoms with Gasteiger partial charge in [-0.25, -0.2) is 0 Å². The van der Waals surface area contributed by atoms with E-state index < -0.39 is 6.10 Å². The monoisotopic (exact) mass is 153 g/mol. The van der Waals surface area contributed by atoms with Crippen molar-refractivity contribution in [1.29, 1.82) is 0 Å². The van der Waals surface area contributed by atoms with Gasteiger partial charge in [-0.15, -0.1) is 5.73 Å². The Morgan fingerprint density at radius 3 is 2.91 bits per heavy atom. The van der Waals surface area contributed by atoms with Crippen molar-refractivity contribution in [1.82, 2.24) is 0 Å². The summed E-state index contributed by atoms with van der Waals surface area (Å²) in [6.45, 7) is 5.36. The van der Waals surface area contributed by atoms with Gasteiger partial charge < -0.3 is 10.8 Å². The van der Waals surface area contributed by atoms with Gasteiger partial charge in [0.2, 0.25) is 0 Å². The molecule has 0 saturated carbocycles. The summed E-state index contributed by atoms with van der Waals surface area (Å²) in [7, 11) is 0. The zero-order valence-electron chi connectivity index (χ0n) is 6.88. The summed E-state index contributed by atoms with van der Waals surface area (Å²) in [5.41, 5.74) is 8.77. The van der Waals surface area contributed by atoms with Crippen LogP contribution in [0.1, 0.15) is 19.8 Å². The quantitative estimate of drug-likeness (QED) is 0.598. The van der Waals surface area contributed by atoms with E-state index in [1.54, 1.807) is 0 Å². The van der Waals surface area contributed by atoms with Gasteiger partial charge in [0.1, 0.15) is 0 Å². The third-order valence-electron chi connectivity index (χ3n) is 1.22. The standard InChI is InChI=1S/C9H15NO/c1-3-5-8(10)7-9(11)6-4-2/h5-6,9,11H,2-3,7,10H2,1H3/b8-5+. The molecule has 0 aromatic rings. The lowest BCUT2D eigenvalue weighted by atomic mass is 10.2. The molecule has 0 bridgehead atoms. The van der Waals surface area contributed by atoms with Crippen molar-refractivity contribution in [3.63, 3.8) is 0 Å². The van der Waals surface area contributed by atoms with Crippen molar-refractivity contribution in [2.75, 3.05) is 0 Å². The second-order valence-corrected chi connectivity index (χ2v) is 2.33. The van der Waals surface area contributed by atoms with E-state index in [2.05, 4.69) is 12.3 Å². The zero-order chi connectivity index (χ0) is 8.69. The van der Waals surface area contributed by atoms with Gasteiger partial charge in [0.05, 0.1) is 6.10 Å². The molecule has 0 saturated heterocycles. The van der Waals surface area contributed by atoms with Crippen molar-refractivity contribution >= 4 is 0 Å². The van der Waals surface area contributed by atoms with Gasteiger partial charge in [-0.2, -0.15) is 0 Å². The lowest BCUT2D eigenvalue weighted by Gasteiger charge is -2.03. The van der Waals surface area contributed by atoms with Crippen LogP contribution in [-0.2, 0) is 0 Å². The molecule has 0 aromatic carbocycles. The molecule has 0 aliphatic carbocycles. The third-order valence-corrected chi connectivity index (χ3v) is 1.22. The van der Waals surface area contributed by atoms with Crippen LogP contribution in [0.2, 0.25) is 0 Å². The van der Waals surface area contributed by atoms with Crippen LogP contribution in [0.4, 0.5) is 0 Å². The minimum atomic E-state index is -0.546. The molecule has 1 atom stereocenters. The molecule has 2 nitrogen and oxygen atoms in total. The number of nitrogens with two attached hydrogens (primary N) is 1. The Balaban J connectivity index is 3.83. The van der Waals surface area contributed by atoms with Gasteiger partial charge >= 0.3 is 0 Å². The van der Waals surface area contributed by atoms with E-state index in [4.69, 9.17) is 10.8 Å². The maximum atomic E-state index is 9.17. The van der Waals surface area contributed by atoms with Crippen molar-refractivity contribution in [2.45, 2.75) is 25.9 Å². The molecule has 0 amide bonds. The summed E-state index contributed by atoms with van der Waals surface area (Å²) in [6, 6.07) is 0. The van der Waals surface area contributed by atoms with Crippen molar-refractivity contribution in [3.8, 4) is 0 Å². The summed E-state index contributed by atoms with van der Waals surface area (Å²) in [5, 5.41) is 9.17. The van der Waals surface area contributed by atoms with E-state index in [9.17, 15) is 0 Å². The highest BCUT2D eigenvalue weighted by atomic mass is 16.3. The Kier molecular flexibility index (Phi) is 5.26.